The molecule has 0 spiro atoms. The van der Waals surface area contributed by atoms with E-state index in [1.165, 1.54) is 37.6 Å². The highest BCUT2D eigenvalue weighted by atomic mass is 19.1. The second-order valence-electron chi connectivity index (χ2n) is 6.13. The highest BCUT2D eigenvalue weighted by Gasteiger charge is 2.49. The van der Waals surface area contributed by atoms with E-state index in [1.54, 1.807) is 43.3 Å². The number of hydrogen-bond donors (Lipinski definition) is 1. The molecule has 3 aromatic rings. The molecule has 6 nitrogen and oxygen atoms in total. The number of hydrogen-bond acceptors (Lipinski definition) is 5. The molecule has 0 bridgehead atoms. The van der Waals surface area contributed by atoms with Gasteiger partial charge in [0, 0.05) is 19.0 Å². The average molecular weight is 382 g/mol. The number of carboxylic acids is 1. The molecule has 2 unspecified atom stereocenters. The molecule has 0 aliphatic rings. The molecule has 2 aromatic carbocycles. The number of carbonyl (C=O) groups is 1. The summed E-state index contributed by atoms with van der Waals surface area (Å²) in [5.41, 5.74) is 0.0129. The number of benzene rings is 2. The van der Waals surface area contributed by atoms with Crippen molar-refractivity contribution in [1.29, 1.82) is 0 Å². The first-order valence-corrected chi connectivity index (χ1v) is 8.53. The topological polar surface area (TPSA) is 81.5 Å². The molecule has 2 atom stereocenters. The number of aliphatic carboxylic acids is 1. The van der Waals surface area contributed by atoms with E-state index < -0.39 is 23.5 Å². The summed E-state index contributed by atoms with van der Waals surface area (Å²) < 4.78 is 25.0. The maximum Gasteiger partial charge on any atom is 0.348 e. The summed E-state index contributed by atoms with van der Waals surface area (Å²) in [6.45, 7) is 1.74. The van der Waals surface area contributed by atoms with Gasteiger partial charge >= 0.3 is 12.0 Å². The number of methoxy groups -OCH3 is 1. The second-order valence-corrected chi connectivity index (χ2v) is 6.13. The molecular formula is C21H19FN2O4. The van der Waals surface area contributed by atoms with Crippen molar-refractivity contribution < 1.29 is 23.8 Å². The third-order valence-corrected chi connectivity index (χ3v) is 4.39. The highest BCUT2D eigenvalue weighted by molar-refractivity contribution is 5.76. The van der Waals surface area contributed by atoms with Crippen molar-refractivity contribution in [1.82, 2.24) is 9.97 Å². The van der Waals surface area contributed by atoms with E-state index in [1.807, 2.05) is 0 Å². The Balaban J connectivity index is 2.20. The van der Waals surface area contributed by atoms with Crippen LogP contribution in [0, 0.1) is 12.7 Å². The van der Waals surface area contributed by atoms with Crippen molar-refractivity contribution in [2.24, 2.45) is 0 Å². The third kappa shape index (κ3) is 3.70. The van der Waals surface area contributed by atoms with E-state index in [4.69, 9.17) is 9.47 Å². The first-order chi connectivity index (χ1) is 13.5. The number of halogens is 1. The smallest absolute Gasteiger partial charge is 0.348 e. The van der Waals surface area contributed by atoms with Gasteiger partial charge in [-0.15, -0.1) is 0 Å². The zero-order valence-electron chi connectivity index (χ0n) is 15.4. The Bertz CT molecular complexity index is 950. The van der Waals surface area contributed by atoms with Crippen molar-refractivity contribution in [3.8, 4) is 6.01 Å². The van der Waals surface area contributed by atoms with Crippen LogP contribution in [0.5, 0.6) is 6.01 Å². The van der Waals surface area contributed by atoms with E-state index in [0.717, 1.165) is 0 Å². The highest BCUT2D eigenvalue weighted by Crippen LogP contribution is 2.38. The monoisotopic (exact) mass is 382 g/mol. The standard InChI is InChI=1S/C21H19FN2O4/c1-14-12-13-23-20(24-14)28-18(19(25)26)21(27-2,15-6-4-3-5-7-15)16-8-10-17(22)11-9-16/h3-13,18H,1-2H3,(H,25,26). The number of aromatic nitrogens is 2. The van der Waals surface area contributed by atoms with Gasteiger partial charge in [0.05, 0.1) is 0 Å². The lowest BCUT2D eigenvalue weighted by molar-refractivity contribution is -0.160. The minimum absolute atomic E-state index is 0.0909. The number of ether oxygens (including phenoxy) is 2. The van der Waals surface area contributed by atoms with Crippen molar-refractivity contribution in [2.75, 3.05) is 7.11 Å². The minimum Gasteiger partial charge on any atom is -0.478 e. The van der Waals surface area contributed by atoms with Gasteiger partial charge in [0.25, 0.3) is 0 Å². The molecule has 0 saturated heterocycles. The molecular weight excluding hydrogens is 363 g/mol. The maximum atomic E-state index is 13.5. The van der Waals surface area contributed by atoms with Crippen molar-refractivity contribution in [3.05, 3.63) is 89.5 Å². The molecule has 7 heteroatoms. The average Bonchev–Trinajstić information content (AvgIpc) is 2.70. The largest absolute Gasteiger partial charge is 0.478 e. The second kappa shape index (κ2) is 8.14. The van der Waals surface area contributed by atoms with E-state index in [-0.39, 0.29) is 6.01 Å². The van der Waals surface area contributed by atoms with Gasteiger partial charge in [0.2, 0.25) is 6.10 Å². The first-order valence-electron chi connectivity index (χ1n) is 8.53. The Labute approximate surface area is 161 Å². The lowest BCUT2D eigenvalue weighted by atomic mass is 9.81. The maximum absolute atomic E-state index is 13.5. The molecule has 1 N–H and O–H groups in total. The lowest BCUT2D eigenvalue weighted by Crippen LogP contribution is -2.50. The molecule has 1 heterocycles. The van der Waals surface area contributed by atoms with Crippen molar-refractivity contribution in [3.63, 3.8) is 0 Å². The van der Waals surface area contributed by atoms with E-state index in [9.17, 15) is 14.3 Å². The zero-order chi connectivity index (χ0) is 20.1. The number of rotatable bonds is 7. The molecule has 1 aromatic heterocycles. The number of nitrogens with zero attached hydrogens (tertiary/aromatic N) is 2. The molecule has 144 valence electrons. The Morgan fingerprint density at radius 1 is 1.07 bits per heavy atom. The molecule has 3 rings (SSSR count). The van der Waals surface area contributed by atoms with Gasteiger partial charge in [-0.3, -0.25) is 0 Å². The first kappa shape index (κ1) is 19.4. The summed E-state index contributed by atoms with van der Waals surface area (Å²) >= 11 is 0. The normalized spacial score (nSPS) is 14.1. The third-order valence-electron chi connectivity index (χ3n) is 4.39. The van der Waals surface area contributed by atoms with E-state index >= 15 is 0 Å². The van der Waals surface area contributed by atoms with Gasteiger partial charge in [-0.25, -0.2) is 19.2 Å². The van der Waals surface area contributed by atoms with Gasteiger partial charge in [-0.2, -0.15) is 0 Å². The van der Waals surface area contributed by atoms with Gasteiger partial charge in [-0.1, -0.05) is 42.5 Å². The Kier molecular flexibility index (Phi) is 5.65. The van der Waals surface area contributed by atoms with Crippen molar-refractivity contribution in [2.45, 2.75) is 18.6 Å². The van der Waals surface area contributed by atoms with Crippen LogP contribution in [-0.2, 0) is 15.1 Å². The van der Waals surface area contributed by atoms with Crippen LogP contribution in [0.4, 0.5) is 4.39 Å². The van der Waals surface area contributed by atoms with Crippen LogP contribution in [0.25, 0.3) is 0 Å². The van der Waals surface area contributed by atoms with Gasteiger partial charge in [0.1, 0.15) is 5.82 Å². The van der Waals surface area contributed by atoms with Crippen LogP contribution in [0.15, 0.2) is 66.9 Å². The Morgan fingerprint density at radius 2 is 1.71 bits per heavy atom. The summed E-state index contributed by atoms with van der Waals surface area (Å²) in [6.07, 6.45) is -0.0574. The summed E-state index contributed by atoms with van der Waals surface area (Å²) in [5, 5.41) is 10.0. The zero-order valence-corrected chi connectivity index (χ0v) is 15.4. The predicted octanol–water partition coefficient (Wildman–Crippen LogP) is 3.35. The molecule has 0 aliphatic carbocycles. The van der Waals surface area contributed by atoms with Gasteiger partial charge in [-0.05, 0) is 36.2 Å². The summed E-state index contributed by atoms with van der Waals surface area (Å²) in [5.74, 6) is -1.73. The SMILES string of the molecule is COC(c1ccccc1)(c1ccc(F)cc1)C(Oc1nccc(C)n1)C(=O)O. The molecule has 0 saturated carbocycles. The van der Waals surface area contributed by atoms with E-state index in [2.05, 4.69) is 9.97 Å². The minimum atomic E-state index is -1.56. The quantitative estimate of drug-likeness (QED) is 0.675. The van der Waals surface area contributed by atoms with Crippen LogP contribution in [-0.4, -0.2) is 34.3 Å². The van der Waals surface area contributed by atoms with Crippen LogP contribution < -0.4 is 4.74 Å². The van der Waals surface area contributed by atoms with Crippen LogP contribution in [0.2, 0.25) is 0 Å². The fourth-order valence-electron chi connectivity index (χ4n) is 3.09. The summed E-state index contributed by atoms with van der Waals surface area (Å²) in [4.78, 5) is 20.4. The summed E-state index contributed by atoms with van der Waals surface area (Å²) in [7, 11) is 1.38. The van der Waals surface area contributed by atoms with E-state index in [0.29, 0.717) is 16.8 Å². The Hall–Kier alpha value is -3.32. The molecule has 0 amide bonds. The van der Waals surface area contributed by atoms with Crippen LogP contribution in [0.1, 0.15) is 16.8 Å². The Morgan fingerprint density at radius 3 is 2.29 bits per heavy atom. The fourth-order valence-corrected chi connectivity index (χ4v) is 3.09. The predicted molar refractivity (Wildman–Crippen MR) is 99.5 cm³/mol. The number of aryl methyl sites for hydroxylation is 1. The fraction of sp³-hybridized carbons (Fsp3) is 0.190. The molecule has 0 radical (unpaired) electrons. The molecule has 0 fully saturated rings. The summed E-state index contributed by atoms with van der Waals surface area (Å²) in [6, 6.07) is 15.8. The molecule has 0 aliphatic heterocycles. The van der Waals surface area contributed by atoms with Crippen LogP contribution >= 0.6 is 0 Å². The van der Waals surface area contributed by atoms with Crippen LogP contribution in [0.3, 0.4) is 0 Å². The van der Waals surface area contributed by atoms with Crippen molar-refractivity contribution >= 4 is 5.97 Å². The molecule has 28 heavy (non-hydrogen) atoms. The number of carboxylic acid groups (broad SMARTS) is 1. The lowest BCUT2D eigenvalue weighted by Gasteiger charge is -2.37. The van der Waals surface area contributed by atoms with Gasteiger partial charge in [0.15, 0.2) is 5.60 Å². The van der Waals surface area contributed by atoms with Gasteiger partial charge < -0.3 is 14.6 Å².